The molecule has 1 atom stereocenters. The van der Waals surface area contributed by atoms with Crippen LogP contribution in [-0.4, -0.2) is 36.0 Å². The number of ether oxygens (including phenoxy) is 1. The summed E-state index contributed by atoms with van der Waals surface area (Å²) in [5.41, 5.74) is 1.12. The lowest BCUT2D eigenvalue weighted by atomic mass is 10.0. The highest BCUT2D eigenvalue weighted by atomic mass is 16.5. The summed E-state index contributed by atoms with van der Waals surface area (Å²) in [4.78, 5) is 14.5. The van der Waals surface area contributed by atoms with Gasteiger partial charge in [0.05, 0.1) is 12.6 Å². The largest absolute Gasteiger partial charge is 0.494 e. The predicted octanol–water partition coefficient (Wildman–Crippen LogP) is 2.57. The van der Waals surface area contributed by atoms with E-state index in [0.29, 0.717) is 19.2 Å². The van der Waals surface area contributed by atoms with Crippen molar-refractivity contribution in [3.8, 4) is 5.75 Å². The molecule has 0 spiro atoms. The Hall–Kier alpha value is -1.55. The van der Waals surface area contributed by atoms with Crippen molar-refractivity contribution in [2.75, 3.05) is 13.2 Å². The highest BCUT2D eigenvalue weighted by Crippen LogP contribution is 2.19. The molecule has 0 radical (unpaired) electrons. The summed E-state index contributed by atoms with van der Waals surface area (Å²) in [6, 6.07) is 8.31. The van der Waals surface area contributed by atoms with Gasteiger partial charge in [0, 0.05) is 19.1 Å². The number of hydrogen-bond donors (Lipinski definition) is 1. The van der Waals surface area contributed by atoms with E-state index in [1.54, 1.807) is 0 Å². The minimum Gasteiger partial charge on any atom is -0.494 e. The van der Waals surface area contributed by atoms with Crippen LogP contribution in [0.1, 0.15) is 39.2 Å². The van der Waals surface area contributed by atoms with Crippen molar-refractivity contribution in [3.05, 3.63) is 29.8 Å². The first-order chi connectivity index (χ1) is 10.1. The zero-order valence-electron chi connectivity index (χ0n) is 13.3. The van der Waals surface area contributed by atoms with Gasteiger partial charge in [-0.15, -0.1) is 0 Å². The maximum absolute atomic E-state index is 12.5. The highest BCUT2D eigenvalue weighted by Gasteiger charge is 2.28. The summed E-state index contributed by atoms with van der Waals surface area (Å²) in [6.07, 6.45) is 1.99. The number of carbonyl (C=O) groups excluding carboxylic acids is 1. The van der Waals surface area contributed by atoms with Gasteiger partial charge in [0.25, 0.3) is 0 Å². The summed E-state index contributed by atoms with van der Waals surface area (Å²) in [6.45, 7) is 8.30. The number of carbonyl (C=O) groups is 1. The quantitative estimate of drug-likeness (QED) is 0.875. The van der Waals surface area contributed by atoms with Gasteiger partial charge in [0.15, 0.2) is 0 Å². The lowest BCUT2D eigenvalue weighted by Crippen LogP contribution is -2.51. The van der Waals surface area contributed by atoms with Crippen molar-refractivity contribution in [3.63, 3.8) is 0 Å². The van der Waals surface area contributed by atoms with Crippen LogP contribution in [0.3, 0.4) is 0 Å². The molecule has 0 saturated carbocycles. The first kappa shape index (κ1) is 15.8. The Kier molecular flexibility index (Phi) is 5.62. The molecule has 0 aliphatic carbocycles. The molecular weight excluding hydrogens is 264 g/mol. The van der Waals surface area contributed by atoms with Crippen LogP contribution in [0.25, 0.3) is 0 Å². The minimum absolute atomic E-state index is 0.0335. The van der Waals surface area contributed by atoms with E-state index in [9.17, 15) is 4.79 Å². The molecule has 116 valence electrons. The van der Waals surface area contributed by atoms with E-state index in [-0.39, 0.29) is 11.9 Å². The van der Waals surface area contributed by atoms with E-state index in [0.717, 1.165) is 30.7 Å². The van der Waals surface area contributed by atoms with Crippen LogP contribution >= 0.6 is 0 Å². The Morgan fingerprint density at radius 1 is 1.43 bits per heavy atom. The molecule has 4 nitrogen and oxygen atoms in total. The monoisotopic (exact) mass is 290 g/mol. The smallest absolute Gasteiger partial charge is 0.240 e. The minimum atomic E-state index is -0.0335. The number of amides is 1. The molecule has 1 aliphatic rings. The second kappa shape index (κ2) is 7.46. The van der Waals surface area contributed by atoms with Crippen molar-refractivity contribution >= 4 is 5.91 Å². The van der Waals surface area contributed by atoms with Crippen LogP contribution in [0.4, 0.5) is 0 Å². The maximum atomic E-state index is 12.5. The zero-order valence-corrected chi connectivity index (χ0v) is 13.3. The molecule has 1 aromatic carbocycles. The van der Waals surface area contributed by atoms with E-state index in [1.165, 1.54) is 0 Å². The topological polar surface area (TPSA) is 41.6 Å². The van der Waals surface area contributed by atoms with Crippen molar-refractivity contribution in [2.24, 2.45) is 0 Å². The van der Waals surface area contributed by atoms with Gasteiger partial charge in [0.2, 0.25) is 5.91 Å². The van der Waals surface area contributed by atoms with Gasteiger partial charge >= 0.3 is 0 Å². The number of piperidine rings is 1. The Morgan fingerprint density at radius 3 is 2.95 bits per heavy atom. The summed E-state index contributed by atoms with van der Waals surface area (Å²) in [7, 11) is 0. The fourth-order valence-corrected chi connectivity index (χ4v) is 2.77. The van der Waals surface area contributed by atoms with E-state index in [1.807, 2.05) is 30.0 Å². The molecule has 1 saturated heterocycles. The molecule has 4 heteroatoms. The number of likely N-dealkylation sites (tertiary alicyclic amines) is 1. The molecule has 1 heterocycles. The van der Waals surface area contributed by atoms with Gasteiger partial charge in [-0.25, -0.2) is 0 Å². The van der Waals surface area contributed by atoms with Crippen LogP contribution in [-0.2, 0) is 11.3 Å². The lowest BCUT2D eigenvalue weighted by molar-refractivity contribution is -0.136. The molecule has 2 rings (SSSR count). The number of benzene rings is 1. The summed E-state index contributed by atoms with van der Waals surface area (Å²) in [5, 5.41) is 3.36. The second-order valence-corrected chi connectivity index (χ2v) is 5.86. The van der Waals surface area contributed by atoms with Crippen molar-refractivity contribution in [1.82, 2.24) is 10.2 Å². The Labute approximate surface area is 127 Å². The maximum Gasteiger partial charge on any atom is 0.240 e. The Bertz CT molecular complexity index is 474. The van der Waals surface area contributed by atoms with Crippen molar-refractivity contribution < 1.29 is 9.53 Å². The lowest BCUT2D eigenvalue weighted by Gasteiger charge is -2.33. The highest BCUT2D eigenvalue weighted by molar-refractivity contribution is 5.82. The predicted molar refractivity (Wildman–Crippen MR) is 84.3 cm³/mol. The normalized spacial score (nSPS) is 19.1. The third-order valence-corrected chi connectivity index (χ3v) is 3.65. The van der Waals surface area contributed by atoms with Gasteiger partial charge in [-0.3, -0.25) is 4.79 Å². The van der Waals surface area contributed by atoms with Crippen molar-refractivity contribution in [2.45, 2.75) is 52.2 Å². The first-order valence-electron chi connectivity index (χ1n) is 7.86. The van der Waals surface area contributed by atoms with Gasteiger partial charge < -0.3 is 15.0 Å². The molecule has 1 unspecified atom stereocenters. The zero-order chi connectivity index (χ0) is 15.2. The van der Waals surface area contributed by atoms with Gasteiger partial charge in [-0.05, 0) is 37.5 Å². The second-order valence-electron chi connectivity index (χ2n) is 5.86. The Balaban J connectivity index is 2.01. The first-order valence-corrected chi connectivity index (χ1v) is 7.86. The van der Waals surface area contributed by atoms with Crippen LogP contribution in [0.15, 0.2) is 24.3 Å². The number of hydrogen-bond acceptors (Lipinski definition) is 3. The van der Waals surface area contributed by atoms with Crippen LogP contribution < -0.4 is 10.1 Å². The van der Waals surface area contributed by atoms with Crippen molar-refractivity contribution in [1.29, 1.82) is 0 Å². The number of rotatable bonds is 6. The van der Waals surface area contributed by atoms with Crippen LogP contribution in [0.5, 0.6) is 5.75 Å². The molecular formula is C17H26N2O2. The molecule has 0 bridgehead atoms. The molecule has 21 heavy (non-hydrogen) atoms. The van der Waals surface area contributed by atoms with Crippen LogP contribution in [0, 0.1) is 0 Å². The summed E-state index contributed by atoms with van der Waals surface area (Å²) in [5.74, 6) is 1.09. The molecule has 1 amide bonds. The van der Waals surface area contributed by atoms with E-state index >= 15 is 0 Å². The average molecular weight is 290 g/mol. The molecule has 0 aromatic heterocycles. The summed E-state index contributed by atoms with van der Waals surface area (Å²) < 4.78 is 5.52. The number of nitrogens with zero attached hydrogens (tertiary/aromatic N) is 1. The molecule has 1 N–H and O–H groups in total. The molecule has 1 aromatic rings. The van der Waals surface area contributed by atoms with Gasteiger partial charge in [-0.2, -0.15) is 0 Å². The van der Waals surface area contributed by atoms with E-state index < -0.39 is 0 Å². The van der Waals surface area contributed by atoms with E-state index in [2.05, 4.69) is 25.2 Å². The fraction of sp³-hybridized carbons (Fsp3) is 0.588. The molecule has 1 fully saturated rings. The third-order valence-electron chi connectivity index (χ3n) is 3.65. The summed E-state index contributed by atoms with van der Waals surface area (Å²) >= 11 is 0. The van der Waals surface area contributed by atoms with Crippen LogP contribution in [0.2, 0.25) is 0 Å². The van der Waals surface area contributed by atoms with Gasteiger partial charge in [0.1, 0.15) is 5.75 Å². The van der Waals surface area contributed by atoms with Gasteiger partial charge in [-0.1, -0.05) is 26.0 Å². The fourth-order valence-electron chi connectivity index (χ4n) is 2.77. The standard InChI is InChI=1S/C17H26N2O2/c1-4-21-15-8-5-7-14(11-15)12-19-10-6-9-16(17(19)20)18-13(2)3/h5,7-8,11,13,16,18H,4,6,9-10,12H2,1-3H3. The average Bonchev–Trinajstić information content (AvgIpc) is 2.44. The number of nitrogens with one attached hydrogen (secondary N) is 1. The third kappa shape index (κ3) is 4.46. The molecule has 1 aliphatic heterocycles. The SMILES string of the molecule is CCOc1cccc(CN2CCCC(NC(C)C)C2=O)c1. The van der Waals surface area contributed by atoms with E-state index in [4.69, 9.17) is 4.74 Å². The Morgan fingerprint density at radius 2 is 2.24 bits per heavy atom.